The highest BCUT2D eigenvalue weighted by Gasteiger charge is 2.29. The summed E-state index contributed by atoms with van der Waals surface area (Å²) in [6, 6.07) is 0.256. The highest BCUT2D eigenvalue weighted by Crippen LogP contribution is 2.39. The lowest BCUT2D eigenvalue weighted by Crippen LogP contribution is -2.22. The molecule has 2 aromatic heterocycles. The Morgan fingerprint density at radius 1 is 1.32 bits per heavy atom. The minimum absolute atomic E-state index is 0.123. The number of fused-ring (bicyclic) bond motifs is 1. The van der Waals surface area contributed by atoms with Gasteiger partial charge in [0.1, 0.15) is 11.6 Å². The third-order valence-corrected chi connectivity index (χ3v) is 4.06. The van der Waals surface area contributed by atoms with E-state index >= 15 is 0 Å². The molecule has 2 aromatic rings. The molecule has 5 nitrogen and oxygen atoms in total. The Morgan fingerprint density at radius 3 is 2.58 bits per heavy atom. The molecule has 1 saturated carbocycles. The number of nitrogen functional groups attached to an aromatic ring is 1. The van der Waals surface area contributed by atoms with Crippen molar-refractivity contribution >= 4 is 16.9 Å². The highest BCUT2D eigenvalue weighted by molar-refractivity contribution is 5.85. The van der Waals surface area contributed by atoms with E-state index in [1.165, 1.54) is 12.8 Å². The van der Waals surface area contributed by atoms with E-state index in [0.29, 0.717) is 11.7 Å². The monoisotopic (exact) mass is 259 g/mol. The van der Waals surface area contributed by atoms with Crippen LogP contribution in [0.4, 0.5) is 5.82 Å². The molecule has 2 N–H and O–H groups in total. The van der Waals surface area contributed by atoms with Gasteiger partial charge in [0.25, 0.3) is 0 Å². The van der Waals surface area contributed by atoms with Crippen LogP contribution in [0.15, 0.2) is 6.20 Å². The van der Waals surface area contributed by atoms with Crippen LogP contribution in [0.2, 0.25) is 0 Å². The second kappa shape index (κ2) is 3.92. The molecule has 0 radical (unpaired) electrons. The van der Waals surface area contributed by atoms with E-state index < -0.39 is 0 Å². The predicted octanol–water partition coefficient (Wildman–Crippen LogP) is 2.89. The quantitative estimate of drug-likeness (QED) is 0.900. The zero-order valence-electron chi connectivity index (χ0n) is 12.0. The Bertz CT molecular complexity index is 619. The van der Waals surface area contributed by atoms with Gasteiger partial charge in [0.2, 0.25) is 0 Å². The summed E-state index contributed by atoms with van der Waals surface area (Å²) in [6.45, 7) is 8.79. The van der Waals surface area contributed by atoms with Crippen molar-refractivity contribution in [2.24, 2.45) is 5.41 Å². The van der Waals surface area contributed by atoms with Gasteiger partial charge in [-0.3, -0.25) is 0 Å². The van der Waals surface area contributed by atoms with Crippen molar-refractivity contribution in [1.29, 1.82) is 0 Å². The predicted molar refractivity (Wildman–Crippen MR) is 75.9 cm³/mol. The molecule has 5 heteroatoms. The largest absolute Gasteiger partial charge is 0.383 e. The SMILES string of the molecule is CC(n1ncc2c(N)nc(C3CC3)nc21)C(C)(C)C. The molecule has 2 heterocycles. The molecule has 3 rings (SSSR count). The molecule has 0 bridgehead atoms. The van der Waals surface area contributed by atoms with Crippen molar-refractivity contribution in [3.63, 3.8) is 0 Å². The Hall–Kier alpha value is -1.65. The van der Waals surface area contributed by atoms with Crippen LogP contribution in [0, 0.1) is 5.41 Å². The maximum Gasteiger partial charge on any atom is 0.163 e. The summed E-state index contributed by atoms with van der Waals surface area (Å²) < 4.78 is 1.99. The molecular weight excluding hydrogens is 238 g/mol. The van der Waals surface area contributed by atoms with Gasteiger partial charge in [0.15, 0.2) is 5.65 Å². The van der Waals surface area contributed by atoms with Crippen LogP contribution in [0.25, 0.3) is 11.0 Å². The average Bonchev–Trinajstić information content (AvgIpc) is 3.07. The molecule has 0 aliphatic heterocycles. The third-order valence-electron chi connectivity index (χ3n) is 4.06. The maximum atomic E-state index is 6.04. The molecule has 0 spiro atoms. The van der Waals surface area contributed by atoms with E-state index in [1.54, 1.807) is 6.20 Å². The Balaban J connectivity index is 2.15. The molecule has 1 aliphatic rings. The van der Waals surface area contributed by atoms with E-state index in [0.717, 1.165) is 16.9 Å². The molecule has 0 saturated heterocycles. The van der Waals surface area contributed by atoms with E-state index in [1.807, 2.05) is 4.68 Å². The van der Waals surface area contributed by atoms with Gasteiger partial charge in [0, 0.05) is 5.92 Å². The Labute approximate surface area is 113 Å². The van der Waals surface area contributed by atoms with E-state index in [2.05, 4.69) is 37.8 Å². The van der Waals surface area contributed by atoms with Crippen LogP contribution in [-0.4, -0.2) is 19.7 Å². The smallest absolute Gasteiger partial charge is 0.163 e. The number of rotatable bonds is 2. The Kier molecular flexibility index (Phi) is 2.56. The molecule has 102 valence electrons. The number of aromatic nitrogens is 4. The van der Waals surface area contributed by atoms with Crippen molar-refractivity contribution in [1.82, 2.24) is 19.7 Å². The van der Waals surface area contributed by atoms with E-state index in [-0.39, 0.29) is 11.5 Å². The second-order valence-corrected chi connectivity index (χ2v) is 6.61. The lowest BCUT2D eigenvalue weighted by atomic mass is 9.88. The third kappa shape index (κ3) is 2.07. The first-order valence-corrected chi connectivity index (χ1v) is 6.88. The fourth-order valence-corrected chi connectivity index (χ4v) is 2.14. The van der Waals surface area contributed by atoms with Gasteiger partial charge in [-0.1, -0.05) is 20.8 Å². The van der Waals surface area contributed by atoms with Gasteiger partial charge >= 0.3 is 0 Å². The molecule has 19 heavy (non-hydrogen) atoms. The zero-order chi connectivity index (χ0) is 13.8. The van der Waals surface area contributed by atoms with E-state index in [4.69, 9.17) is 10.7 Å². The number of nitrogens with zero attached hydrogens (tertiary/aromatic N) is 4. The van der Waals surface area contributed by atoms with Gasteiger partial charge in [-0.05, 0) is 25.2 Å². The van der Waals surface area contributed by atoms with Crippen molar-refractivity contribution < 1.29 is 0 Å². The molecule has 1 aliphatic carbocycles. The molecule has 1 unspecified atom stereocenters. The molecular formula is C14H21N5. The summed E-state index contributed by atoms with van der Waals surface area (Å²) in [6.07, 6.45) is 4.13. The number of nitrogens with two attached hydrogens (primary N) is 1. The Morgan fingerprint density at radius 2 is 2.00 bits per heavy atom. The summed E-state index contributed by atoms with van der Waals surface area (Å²) in [5, 5.41) is 5.34. The topological polar surface area (TPSA) is 69.6 Å². The number of hydrogen-bond donors (Lipinski definition) is 1. The second-order valence-electron chi connectivity index (χ2n) is 6.61. The summed E-state index contributed by atoms with van der Waals surface area (Å²) in [5.41, 5.74) is 7.04. The fourth-order valence-electron chi connectivity index (χ4n) is 2.14. The lowest BCUT2D eigenvalue weighted by molar-refractivity contribution is 0.249. The summed E-state index contributed by atoms with van der Waals surface area (Å²) in [4.78, 5) is 9.11. The maximum absolute atomic E-state index is 6.04. The van der Waals surface area contributed by atoms with Gasteiger partial charge in [0.05, 0.1) is 17.6 Å². The van der Waals surface area contributed by atoms with Crippen LogP contribution in [-0.2, 0) is 0 Å². The van der Waals surface area contributed by atoms with Gasteiger partial charge < -0.3 is 5.73 Å². The first-order chi connectivity index (χ1) is 8.88. The van der Waals surface area contributed by atoms with Crippen molar-refractivity contribution in [3.8, 4) is 0 Å². The molecule has 0 amide bonds. The normalized spacial score (nSPS) is 17.9. The standard InChI is InChI=1S/C14H21N5/c1-8(14(2,3)4)19-13-10(7-16-19)11(15)17-12(18-13)9-5-6-9/h7-9H,5-6H2,1-4H3,(H2,15,17,18). The minimum atomic E-state index is 0.123. The van der Waals surface area contributed by atoms with E-state index in [9.17, 15) is 0 Å². The van der Waals surface area contributed by atoms with Gasteiger partial charge in [-0.2, -0.15) is 5.10 Å². The first kappa shape index (κ1) is 12.4. The summed E-state index contributed by atoms with van der Waals surface area (Å²) >= 11 is 0. The van der Waals surface area contributed by atoms with Crippen LogP contribution >= 0.6 is 0 Å². The minimum Gasteiger partial charge on any atom is -0.383 e. The zero-order valence-corrected chi connectivity index (χ0v) is 12.0. The highest BCUT2D eigenvalue weighted by atomic mass is 15.3. The van der Waals surface area contributed by atoms with Crippen molar-refractivity contribution in [2.45, 2.75) is 52.5 Å². The summed E-state index contributed by atoms with van der Waals surface area (Å²) in [5.74, 6) is 1.94. The van der Waals surface area contributed by atoms with Crippen LogP contribution in [0.3, 0.4) is 0 Å². The van der Waals surface area contributed by atoms with Crippen molar-refractivity contribution in [3.05, 3.63) is 12.0 Å². The van der Waals surface area contributed by atoms with Gasteiger partial charge in [-0.25, -0.2) is 14.6 Å². The van der Waals surface area contributed by atoms with Crippen LogP contribution in [0.5, 0.6) is 0 Å². The molecule has 0 aromatic carbocycles. The van der Waals surface area contributed by atoms with Crippen LogP contribution in [0.1, 0.15) is 58.3 Å². The summed E-state index contributed by atoms with van der Waals surface area (Å²) in [7, 11) is 0. The van der Waals surface area contributed by atoms with Crippen LogP contribution < -0.4 is 5.73 Å². The molecule has 1 fully saturated rings. The lowest BCUT2D eigenvalue weighted by Gasteiger charge is -2.27. The number of anilines is 1. The van der Waals surface area contributed by atoms with Crippen molar-refractivity contribution in [2.75, 3.05) is 5.73 Å². The number of hydrogen-bond acceptors (Lipinski definition) is 4. The average molecular weight is 259 g/mol. The van der Waals surface area contributed by atoms with Gasteiger partial charge in [-0.15, -0.1) is 0 Å². The first-order valence-electron chi connectivity index (χ1n) is 6.88. The molecule has 1 atom stereocenters. The fraction of sp³-hybridized carbons (Fsp3) is 0.643.